The second kappa shape index (κ2) is 5.16. The Morgan fingerprint density at radius 1 is 0.833 bits per heavy atom. The Labute approximate surface area is 81.5 Å². The van der Waals surface area contributed by atoms with E-state index in [4.69, 9.17) is 0 Å². The SMILES string of the molecule is CC1(C)CCCCSCCCC1. The van der Waals surface area contributed by atoms with Crippen LogP contribution in [0, 0.1) is 5.41 Å². The average molecular weight is 186 g/mol. The largest absolute Gasteiger partial charge is 0.162 e. The smallest absolute Gasteiger partial charge is 0.00675 e. The van der Waals surface area contributed by atoms with Crippen LogP contribution in [0.1, 0.15) is 52.4 Å². The molecule has 1 aliphatic heterocycles. The predicted octanol–water partition coefficient (Wildman–Crippen LogP) is 4.10. The van der Waals surface area contributed by atoms with Crippen LogP contribution < -0.4 is 0 Å². The summed E-state index contributed by atoms with van der Waals surface area (Å²) in [6.45, 7) is 4.86. The summed E-state index contributed by atoms with van der Waals surface area (Å²) >= 11 is 2.15. The van der Waals surface area contributed by atoms with Crippen molar-refractivity contribution < 1.29 is 0 Å². The fourth-order valence-electron chi connectivity index (χ4n) is 1.84. The molecule has 12 heavy (non-hydrogen) atoms. The number of thioether (sulfide) groups is 1. The molecular formula is C11H22S. The summed E-state index contributed by atoms with van der Waals surface area (Å²) in [5, 5.41) is 0. The van der Waals surface area contributed by atoms with Crippen LogP contribution in [-0.4, -0.2) is 11.5 Å². The van der Waals surface area contributed by atoms with Gasteiger partial charge in [-0.15, -0.1) is 0 Å². The Bertz CT molecular complexity index is 106. The molecule has 0 unspecified atom stereocenters. The van der Waals surface area contributed by atoms with Crippen molar-refractivity contribution >= 4 is 11.8 Å². The molecule has 1 aliphatic rings. The second-order valence-electron chi connectivity index (χ2n) is 4.69. The fraction of sp³-hybridized carbons (Fsp3) is 1.00. The van der Waals surface area contributed by atoms with E-state index in [1.54, 1.807) is 0 Å². The summed E-state index contributed by atoms with van der Waals surface area (Å²) < 4.78 is 0. The summed E-state index contributed by atoms with van der Waals surface area (Å²) in [5.41, 5.74) is 0.627. The van der Waals surface area contributed by atoms with Gasteiger partial charge in [0, 0.05) is 0 Å². The molecule has 1 heterocycles. The zero-order valence-electron chi connectivity index (χ0n) is 8.57. The van der Waals surface area contributed by atoms with Crippen LogP contribution in [0.15, 0.2) is 0 Å². The van der Waals surface area contributed by atoms with Crippen molar-refractivity contribution in [2.45, 2.75) is 52.4 Å². The van der Waals surface area contributed by atoms with Gasteiger partial charge in [0.1, 0.15) is 0 Å². The van der Waals surface area contributed by atoms with Crippen LogP contribution in [0.2, 0.25) is 0 Å². The topological polar surface area (TPSA) is 0 Å². The van der Waals surface area contributed by atoms with Gasteiger partial charge < -0.3 is 0 Å². The summed E-state index contributed by atoms with van der Waals surface area (Å²) in [6, 6.07) is 0. The van der Waals surface area contributed by atoms with Gasteiger partial charge >= 0.3 is 0 Å². The zero-order chi connectivity index (χ0) is 8.86. The van der Waals surface area contributed by atoms with E-state index in [0.29, 0.717) is 5.41 Å². The highest BCUT2D eigenvalue weighted by Gasteiger charge is 2.17. The van der Waals surface area contributed by atoms with Crippen LogP contribution in [-0.2, 0) is 0 Å². The molecule has 0 aromatic rings. The molecule has 72 valence electrons. The number of rotatable bonds is 0. The quantitative estimate of drug-likeness (QED) is 0.549. The van der Waals surface area contributed by atoms with Gasteiger partial charge in [-0.25, -0.2) is 0 Å². The van der Waals surface area contributed by atoms with Crippen LogP contribution in [0.3, 0.4) is 0 Å². The molecule has 1 heteroatoms. The van der Waals surface area contributed by atoms with Crippen LogP contribution in [0.4, 0.5) is 0 Å². The summed E-state index contributed by atoms with van der Waals surface area (Å²) in [6.07, 6.45) is 8.64. The van der Waals surface area contributed by atoms with E-state index in [0.717, 1.165) is 0 Å². The zero-order valence-corrected chi connectivity index (χ0v) is 9.38. The van der Waals surface area contributed by atoms with E-state index in [1.165, 1.54) is 50.0 Å². The first-order valence-corrected chi connectivity index (χ1v) is 6.44. The average Bonchev–Trinajstić information content (AvgIpc) is 2.02. The minimum absolute atomic E-state index is 0.627. The third-order valence-electron chi connectivity index (χ3n) is 2.78. The lowest BCUT2D eigenvalue weighted by Gasteiger charge is -2.25. The standard InChI is InChI=1S/C11H22S/c1-11(2)7-3-5-9-12-10-6-4-8-11/h3-10H2,1-2H3. The van der Waals surface area contributed by atoms with Crippen LogP contribution in [0.25, 0.3) is 0 Å². The third kappa shape index (κ3) is 4.39. The molecule has 0 saturated carbocycles. The molecular weight excluding hydrogens is 164 g/mol. The Morgan fingerprint density at radius 3 is 1.83 bits per heavy atom. The molecule has 0 amide bonds. The molecule has 0 aromatic carbocycles. The third-order valence-corrected chi connectivity index (χ3v) is 3.94. The van der Waals surface area contributed by atoms with Gasteiger partial charge in [-0.3, -0.25) is 0 Å². The maximum atomic E-state index is 2.43. The van der Waals surface area contributed by atoms with Gasteiger partial charge in [0.15, 0.2) is 0 Å². The molecule has 0 bridgehead atoms. The van der Waals surface area contributed by atoms with Gasteiger partial charge in [-0.1, -0.05) is 26.7 Å². The van der Waals surface area contributed by atoms with Crippen molar-refractivity contribution in [1.82, 2.24) is 0 Å². The molecule has 0 aliphatic carbocycles. The molecule has 0 radical (unpaired) electrons. The maximum absolute atomic E-state index is 2.43. The lowest BCUT2D eigenvalue weighted by atomic mass is 9.82. The fourth-order valence-corrected chi connectivity index (χ4v) is 2.86. The Hall–Kier alpha value is 0.350. The maximum Gasteiger partial charge on any atom is -0.00675 e. The Kier molecular flexibility index (Phi) is 4.49. The first-order chi connectivity index (χ1) is 5.71. The number of hydrogen-bond acceptors (Lipinski definition) is 1. The normalized spacial score (nSPS) is 26.5. The van der Waals surface area contributed by atoms with E-state index in [1.807, 2.05) is 0 Å². The minimum Gasteiger partial charge on any atom is -0.162 e. The monoisotopic (exact) mass is 186 g/mol. The highest BCUT2D eigenvalue weighted by atomic mass is 32.2. The molecule has 1 saturated heterocycles. The van der Waals surface area contributed by atoms with Gasteiger partial charge in [0.05, 0.1) is 0 Å². The molecule has 0 spiro atoms. The van der Waals surface area contributed by atoms with Crippen molar-refractivity contribution in [2.24, 2.45) is 5.41 Å². The summed E-state index contributed by atoms with van der Waals surface area (Å²) in [4.78, 5) is 0. The predicted molar refractivity (Wildman–Crippen MR) is 58.8 cm³/mol. The van der Waals surface area contributed by atoms with E-state index in [9.17, 15) is 0 Å². The first-order valence-electron chi connectivity index (χ1n) is 5.28. The summed E-state index contributed by atoms with van der Waals surface area (Å²) in [7, 11) is 0. The Morgan fingerprint density at radius 2 is 1.33 bits per heavy atom. The highest BCUT2D eigenvalue weighted by Crippen LogP contribution is 2.31. The molecule has 0 nitrogen and oxygen atoms in total. The van der Waals surface area contributed by atoms with E-state index in [2.05, 4.69) is 25.6 Å². The molecule has 1 rings (SSSR count). The van der Waals surface area contributed by atoms with Gasteiger partial charge in [-0.2, -0.15) is 11.8 Å². The number of hydrogen-bond donors (Lipinski definition) is 0. The van der Waals surface area contributed by atoms with Crippen LogP contribution >= 0.6 is 11.8 Å². The lowest BCUT2D eigenvalue weighted by molar-refractivity contribution is 0.289. The van der Waals surface area contributed by atoms with Gasteiger partial charge in [-0.05, 0) is 42.6 Å². The minimum atomic E-state index is 0.627. The van der Waals surface area contributed by atoms with E-state index in [-0.39, 0.29) is 0 Å². The van der Waals surface area contributed by atoms with Crippen molar-refractivity contribution in [2.75, 3.05) is 11.5 Å². The molecule has 1 fully saturated rings. The summed E-state index contributed by atoms with van der Waals surface area (Å²) in [5.74, 6) is 2.80. The molecule has 0 atom stereocenters. The van der Waals surface area contributed by atoms with Crippen molar-refractivity contribution in [3.8, 4) is 0 Å². The van der Waals surface area contributed by atoms with Crippen molar-refractivity contribution in [3.63, 3.8) is 0 Å². The van der Waals surface area contributed by atoms with Crippen LogP contribution in [0.5, 0.6) is 0 Å². The van der Waals surface area contributed by atoms with Gasteiger partial charge in [0.2, 0.25) is 0 Å². The molecule has 0 aromatic heterocycles. The van der Waals surface area contributed by atoms with Crippen molar-refractivity contribution in [3.05, 3.63) is 0 Å². The van der Waals surface area contributed by atoms with Gasteiger partial charge in [0.25, 0.3) is 0 Å². The second-order valence-corrected chi connectivity index (χ2v) is 5.92. The lowest BCUT2D eigenvalue weighted by Crippen LogP contribution is -2.12. The molecule has 0 N–H and O–H groups in total. The van der Waals surface area contributed by atoms with Crippen molar-refractivity contribution in [1.29, 1.82) is 0 Å². The van der Waals surface area contributed by atoms with E-state index >= 15 is 0 Å². The first kappa shape index (κ1) is 10.4. The highest BCUT2D eigenvalue weighted by molar-refractivity contribution is 7.99. The van der Waals surface area contributed by atoms with E-state index < -0.39 is 0 Å². The Balaban J connectivity index is 2.27.